The van der Waals surface area contributed by atoms with Crippen molar-refractivity contribution in [3.63, 3.8) is 0 Å². The number of aryl methyl sites for hydroxylation is 1. The van der Waals surface area contributed by atoms with Crippen molar-refractivity contribution >= 4 is 11.4 Å². The molecule has 0 atom stereocenters. The Balaban J connectivity index is 3.01. The maximum Gasteiger partial charge on any atom is 0.181 e. The zero-order valence-electron chi connectivity index (χ0n) is 7.83. The summed E-state index contributed by atoms with van der Waals surface area (Å²) in [5.74, 6) is 0. The van der Waals surface area contributed by atoms with Crippen molar-refractivity contribution in [3.8, 4) is 12.4 Å². The number of benzene rings is 1. The lowest BCUT2D eigenvalue weighted by Crippen LogP contribution is -1.96. The van der Waals surface area contributed by atoms with Crippen LogP contribution in [-0.2, 0) is 6.42 Å². The van der Waals surface area contributed by atoms with Crippen LogP contribution in [0, 0.1) is 22.9 Å². The Morgan fingerprint density at radius 3 is 2.50 bits per heavy atom. The molecule has 0 aromatic heterocycles. The van der Waals surface area contributed by atoms with Gasteiger partial charge in [-0.3, -0.25) is 10.6 Å². The number of nitrogens with zero attached hydrogens (tertiary/aromatic N) is 2. The number of rotatable bonds is 3. The summed E-state index contributed by atoms with van der Waals surface area (Å²) in [4.78, 5) is 0. The lowest BCUT2D eigenvalue weighted by atomic mass is 10.1. The van der Waals surface area contributed by atoms with E-state index in [9.17, 15) is 0 Å². The van der Waals surface area contributed by atoms with Crippen LogP contribution in [0.15, 0.2) is 18.2 Å². The number of hydrogen-bond acceptors (Lipinski definition) is 4. The lowest BCUT2D eigenvalue weighted by molar-refractivity contribution is 1.14. The summed E-state index contributed by atoms with van der Waals surface area (Å²) in [5.41, 5.74) is 2.54. The van der Waals surface area contributed by atoms with Crippen molar-refractivity contribution in [2.75, 3.05) is 10.6 Å². The summed E-state index contributed by atoms with van der Waals surface area (Å²) in [7, 11) is 0. The monoisotopic (exact) mass is 186 g/mol. The van der Waals surface area contributed by atoms with E-state index in [1.54, 1.807) is 12.1 Å². The molecule has 0 heterocycles. The zero-order chi connectivity index (χ0) is 10.4. The highest BCUT2D eigenvalue weighted by Crippen LogP contribution is 2.20. The van der Waals surface area contributed by atoms with Gasteiger partial charge in [0.05, 0.1) is 5.69 Å². The molecule has 0 saturated carbocycles. The summed E-state index contributed by atoms with van der Waals surface area (Å²) in [6, 6.07) is 5.38. The number of nitrogens with one attached hydrogen (secondary N) is 2. The SMILES string of the molecule is CCc1cc(NC#N)ccc1NC#N. The molecule has 4 heteroatoms. The molecule has 0 aliphatic rings. The molecular formula is C10H10N4. The predicted molar refractivity (Wildman–Crippen MR) is 54.3 cm³/mol. The molecule has 0 fully saturated rings. The summed E-state index contributed by atoms with van der Waals surface area (Å²) in [5, 5.41) is 22.0. The van der Waals surface area contributed by atoms with Gasteiger partial charge in [-0.15, -0.1) is 0 Å². The molecule has 2 N–H and O–H groups in total. The first-order valence-electron chi connectivity index (χ1n) is 4.25. The average Bonchev–Trinajstić information content (AvgIpc) is 2.21. The topological polar surface area (TPSA) is 71.6 Å². The predicted octanol–water partition coefficient (Wildman–Crippen LogP) is 2.03. The fourth-order valence-corrected chi connectivity index (χ4v) is 1.21. The van der Waals surface area contributed by atoms with E-state index < -0.39 is 0 Å². The van der Waals surface area contributed by atoms with Gasteiger partial charge in [0.1, 0.15) is 0 Å². The molecule has 0 saturated heterocycles. The minimum atomic E-state index is 0.743. The van der Waals surface area contributed by atoms with E-state index in [-0.39, 0.29) is 0 Å². The lowest BCUT2D eigenvalue weighted by Gasteiger charge is -2.06. The molecule has 0 aliphatic heterocycles. The van der Waals surface area contributed by atoms with Gasteiger partial charge in [0, 0.05) is 5.69 Å². The maximum absolute atomic E-state index is 8.48. The quantitative estimate of drug-likeness (QED) is 0.559. The van der Waals surface area contributed by atoms with E-state index in [0.29, 0.717) is 0 Å². The molecule has 0 bridgehead atoms. The molecule has 1 rings (SSSR count). The third kappa shape index (κ3) is 2.15. The highest BCUT2D eigenvalue weighted by atomic mass is 14.9. The molecule has 14 heavy (non-hydrogen) atoms. The van der Waals surface area contributed by atoms with Crippen LogP contribution in [0.2, 0.25) is 0 Å². The minimum Gasteiger partial charge on any atom is -0.293 e. The second-order valence-corrected chi connectivity index (χ2v) is 2.70. The maximum atomic E-state index is 8.48. The van der Waals surface area contributed by atoms with E-state index in [4.69, 9.17) is 10.5 Å². The third-order valence-corrected chi connectivity index (χ3v) is 1.88. The molecule has 70 valence electrons. The van der Waals surface area contributed by atoms with E-state index in [0.717, 1.165) is 23.4 Å². The molecule has 1 aromatic rings. The molecule has 0 radical (unpaired) electrons. The largest absolute Gasteiger partial charge is 0.293 e. The van der Waals surface area contributed by atoms with Crippen molar-refractivity contribution in [3.05, 3.63) is 23.8 Å². The number of hydrogen-bond donors (Lipinski definition) is 2. The van der Waals surface area contributed by atoms with Crippen LogP contribution < -0.4 is 10.6 Å². The Morgan fingerprint density at radius 2 is 1.93 bits per heavy atom. The second-order valence-electron chi connectivity index (χ2n) is 2.70. The van der Waals surface area contributed by atoms with E-state index in [1.807, 2.05) is 25.4 Å². The van der Waals surface area contributed by atoms with Gasteiger partial charge in [0.25, 0.3) is 0 Å². The van der Waals surface area contributed by atoms with E-state index in [1.165, 1.54) is 0 Å². The van der Waals surface area contributed by atoms with Crippen molar-refractivity contribution < 1.29 is 0 Å². The Bertz CT molecular complexity index is 398. The van der Waals surface area contributed by atoms with Crippen LogP contribution in [0.4, 0.5) is 11.4 Å². The minimum absolute atomic E-state index is 0.743. The van der Waals surface area contributed by atoms with Gasteiger partial charge < -0.3 is 0 Å². The highest BCUT2D eigenvalue weighted by molar-refractivity contribution is 5.62. The average molecular weight is 186 g/mol. The van der Waals surface area contributed by atoms with Gasteiger partial charge >= 0.3 is 0 Å². The normalized spacial score (nSPS) is 8.50. The molecule has 0 aliphatic carbocycles. The summed E-state index contributed by atoms with van der Waals surface area (Å²) in [6.07, 6.45) is 4.54. The van der Waals surface area contributed by atoms with E-state index in [2.05, 4.69) is 10.6 Å². The molecule has 4 nitrogen and oxygen atoms in total. The smallest absolute Gasteiger partial charge is 0.181 e. The van der Waals surface area contributed by atoms with Crippen molar-refractivity contribution in [2.45, 2.75) is 13.3 Å². The Kier molecular flexibility index (Phi) is 3.34. The van der Waals surface area contributed by atoms with Gasteiger partial charge in [-0.25, -0.2) is 0 Å². The Labute approximate surface area is 82.8 Å². The zero-order valence-corrected chi connectivity index (χ0v) is 7.83. The van der Waals surface area contributed by atoms with Crippen molar-refractivity contribution in [1.82, 2.24) is 0 Å². The fraction of sp³-hybridized carbons (Fsp3) is 0.200. The fourth-order valence-electron chi connectivity index (χ4n) is 1.21. The highest BCUT2D eigenvalue weighted by Gasteiger charge is 2.00. The van der Waals surface area contributed by atoms with Gasteiger partial charge in [0.15, 0.2) is 12.4 Å². The first kappa shape index (κ1) is 9.88. The molecule has 0 unspecified atom stereocenters. The molecule has 1 aromatic carbocycles. The van der Waals surface area contributed by atoms with E-state index >= 15 is 0 Å². The number of anilines is 2. The van der Waals surface area contributed by atoms with Gasteiger partial charge in [0.2, 0.25) is 0 Å². The first-order valence-corrected chi connectivity index (χ1v) is 4.25. The van der Waals surface area contributed by atoms with Crippen molar-refractivity contribution in [1.29, 1.82) is 10.5 Å². The van der Waals surface area contributed by atoms with Crippen LogP contribution >= 0.6 is 0 Å². The Morgan fingerprint density at radius 1 is 1.21 bits per heavy atom. The van der Waals surface area contributed by atoms with Crippen LogP contribution in [0.25, 0.3) is 0 Å². The third-order valence-electron chi connectivity index (χ3n) is 1.88. The standard InChI is InChI=1S/C10H10N4/c1-2-8-5-9(13-6-11)3-4-10(8)14-7-12/h3-5,13-14H,2H2,1H3. The van der Waals surface area contributed by atoms with Crippen LogP contribution in [0.1, 0.15) is 12.5 Å². The van der Waals surface area contributed by atoms with Crippen LogP contribution in [0.5, 0.6) is 0 Å². The first-order chi connectivity index (χ1) is 6.81. The second kappa shape index (κ2) is 4.74. The van der Waals surface area contributed by atoms with Gasteiger partial charge in [-0.1, -0.05) is 6.92 Å². The summed E-state index contributed by atoms with van der Waals surface area (Å²) >= 11 is 0. The number of nitriles is 2. The molecule has 0 amide bonds. The van der Waals surface area contributed by atoms with Gasteiger partial charge in [-0.2, -0.15) is 10.5 Å². The Hall–Kier alpha value is -2.20. The molecular weight excluding hydrogens is 176 g/mol. The summed E-state index contributed by atoms with van der Waals surface area (Å²) in [6.45, 7) is 1.99. The van der Waals surface area contributed by atoms with Crippen LogP contribution in [-0.4, -0.2) is 0 Å². The molecule has 0 spiro atoms. The van der Waals surface area contributed by atoms with Crippen molar-refractivity contribution in [2.24, 2.45) is 0 Å². The van der Waals surface area contributed by atoms with Crippen LogP contribution in [0.3, 0.4) is 0 Å². The summed E-state index contributed by atoms with van der Waals surface area (Å²) < 4.78 is 0. The van der Waals surface area contributed by atoms with Gasteiger partial charge in [-0.05, 0) is 30.2 Å².